The average Bonchev–Trinajstić information content (AvgIpc) is 2.61. The van der Waals surface area contributed by atoms with Crippen LogP contribution in [0.15, 0.2) is 30.3 Å². The Morgan fingerprint density at radius 3 is 2.48 bits per heavy atom. The summed E-state index contributed by atoms with van der Waals surface area (Å²) in [6.45, 7) is 5.49. The van der Waals surface area contributed by atoms with Gasteiger partial charge in [-0.15, -0.1) is 0 Å². The van der Waals surface area contributed by atoms with Gasteiger partial charge in [0.15, 0.2) is 0 Å². The minimum Gasteiger partial charge on any atom is -0.496 e. The van der Waals surface area contributed by atoms with Crippen molar-refractivity contribution in [2.45, 2.75) is 33.2 Å². The largest absolute Gasteiger partial charge is 0.496 e. The molecule has 3 rings (SSSR count). The number of ether oxygens (including phenoxy) is 1. The molecule has 0 amide bonds. The van der Waals surface area contributed by atoms with Gasteiger partial charge < -0.3 is 10.1 Å². The summed E-state index contributed by atoms with van der Waals surface area (Å²) in [5.41, 5.74) is 2.25. The lowest BCUT2D eigenvalue weighted by Gasteiger charge is -2.20. The Morgan fingerprint density at radius 1 is 1.11 bits per heavy atom. The molecular formula is C20H20F2IN3O. The number of hydrogen-bond donors (Lipinski definition) is 1. The Morgan fingerprint density at radius 2 is 1.81 bits per heavy atom. The van der Waals surface area contributed by atoms with E-state index in [1.54, 1.807) is 20.1 Å². The minimum atomic E-state index is -2.49. The monoisotopic (exact) mass is 483 g/mol. The van der Waals surface area contributed by atoms with Crippen LogP contribution in [0, 0.1) is 17.4 Å². The van der Waals surface area contributed by atoms with Crippen LogP contribution >= 0.6 is 22.6 Å². The fraction of sp³-hybridized carbons (Fsp3) is 0.300. The van der Waals surface area contributed by atoms with Crippen molar-refractivity contribution in [3.8, 4) is 5.75 Å². The molecule has 0 saturated carbocycles. The van der Waals surface area contributed by atoms with Crippen LogP contribution in [0.2, 0.25) is 0 Å². The van der Waals surface area contributed by atoms with Gasteiger partial charge in [0, 0.05) is 17.0 Å². The highest BCUT2D eigenvalue weighted by Crippen LogP contribution is 2.33. The summed E-state index contributed by atoms with van der Waals surface area (Å²) in [6.07, 6.45) is -2.49. The Hall–Kier alpha value is -2.03. The first-order chi connectivity index (χ1) is 12.8. The van der Waals surface area contributed by atoms with Crippen LogP contribution < -0.4 is 10.1 Å². The molecule has 27 heavy (non-hydrogen) atoms. The van der Waals surface area contributed by atoms with Crippen molar-refractivity contribution in [3.05, 3.63) is 56.4 Å². The van der Waals surface area contributed by atoms with Crippen LogP contribution in [0.25, 0.3) is 10.9 Å². The highest BCUT2D eigenvalue weighted by Gasteiger charge is 2.18. The lowest BCUT2D eigenvalue weighted by molar-refractivity contribution is 0.150. The number of alkyl halides is 2. The molecule has 2 aromatic carbocycles. The van der Waals surface area contributed by atoms with Gasteiger partial charge in [-0.05, 0) is 60.6 Å². The number of fused-ring (bicyclic) bond motifs is 1. The second-order valence-corrected chi connectivity index (χ2v) is 7.51. The summed E-state index contributed by atoms with van der Waals surface area (Å²) in [5, 5.41) is 4.23. The number of halogens is 3. The molecule has 0 aliphatic rings. The van der Waals surface area contributed by atoms with Crippen molar-refractivity contribution in [2.75, 3.05) is 12.4 Å². The van der Waals surface area contributed by atoms with Crippen LogP contribution in [-0.4, -0.2) is 17.1 Å². The smallest absolute Gasteiger partial charge is 0.264 e. The number of aryl methyl sites for hydroxylation is 1. The lowest BCUT2D eigenvalue weighted by Crippen LogP contribution is -2.12. The lowest BCUT2D eigenvalue weighted by atomic mass is 9.97. The van der Waals surface area contributed by atoms with Crippen molar-refractivity contribution in [2.24, 2.45) is 0 Å². The molecule has 1 aromatic heterocycles. The van der Waals surface area contributed by atoms with Crippen molar-refractivity contribution in [1.82, 2.24) is 9.97 Å². The molecule has 0 aliphatic carbocycles. The molecule has 0 radical (unpaired) electrons. The van der Waals surface area contributed by atoms with Crippen LogP contribution in [0.1, 0.15) is 41.9 Å². The van der Waals surface area contributed by atoms with Crippen LogP contribution in [0.5, 0.6) is 5.75 Å². The predicted octanol–water partition coefficient (Wildman–Crippen LogP) is 5.97. The summed E-state index contributed by atoms with van der Waals surface area (Å²) in [6, 6.07) is 8.65. The standard InChI is InChI=1S/C20H20F2IN3O/c1-10-13(6-5-7-14(10)19(21)22)11(2)24-20-15-8-16(23)18(27-4)9-17(15)25-12(3)26-20/h5-9,11,19H,1-4H3,(H,24,25,26)/t11-/m1/s1. The molecule has 0 fully saturated rings. The van der Waals surface area contributed by atoms with E-state index >= 15 is 0 Å². The van der Waals surface area contributed by atoms with E-state index in [0.717, 1.165) is 25.8 Å². The number of anilines is 1. The number of benzene rings is 2. The van der Waals surface area contributed by atoms with Gasteiger partial charge in [-0.1, -0.05) is 18.2 Å². The van der Waals surface area contributed by atoms with Crippen LogP contribution in [-0.2, 0) is 0 Å². The Kier molecular flexibility index (Phi) is 5.78. The van der Waals surface area contributed by atoms with Gasteiger partial charge in [-0.2, -0.15) is 0 Å². The van der Waals surface area contributed by atoms with E-state index in [1.165, 1.54) is 6.07 Å². The van der Waals surface area contributed by atoms with Crippen molar-refractivity contribution in [3.63, 3.8) is 0 Å². The second kappa shape index (κ2) is 7.92. The van der Waals surface area contributed by atoms with Gasteiger partial charge in [0.05, 0.1) is 22.2 Å². The maximum atomic E-state index is 13.2. The summed E-state index contributed by atoms with van der Waals surface area (Å²) in [4.78, 5) is 9.02. The molecule has 1 heterocycles. The summed E-state index contributed by atoms with van der Waals surface area (Å²) >= 11 is 2.20. The maximum absolute atomic E-state index is 13.2. The molecular weight excluding hydrogens is 463 g/mol. The molecule has 1 N–H and O–H groups in total. The van der Waals surface area contributed by atoms with E-state index in [1.807, 2.05) is 32.0 Å². The van der Waals surface area contributed by atoms with Gasteiger partial charge >= 0.3 is 0 Å². The Bertz CT molecular complexity index is 995. The van der Waals surface area contributed by atoms with Gasteiger partial charge in [0.25, 0.3) is 6.43 Å². The molecule has 1 atom stereocenters. The van der Waals surface area contributed by atoms with Crippen molar-refractivity contribution >= 4 is 39.3 Å². The predicted molar refractivity (Wildman–Crippen MR) is 112 cm³/mol. The SMILES string of the molecule is COc1cc2nc(C)nc(N[C@H](C)c3cccc(C(F)F)c3C)c2cc1I. The van der Waals surface area contributed by atoms with E-state index in [2.05, 4.69) is 37.9 Å². The first kappa shape index (κ1) is 19.7. The van der Waals surface area contributed by atoms with Crippen molar-refractivity contribution < 1.29 is 13.5 Å². The summed E-state index contributed by atoms with van der Waals surface area (Å²) in [5.74, 6) is 2.05. The molecule has 0 spiro atoms. The number of nitrogens with zero attached hydrogens (tertiary/aromatic N) is 2. The zero-order valence-electron chi connectivity index (χ0n) is 15.5. The molecule has 7 heteroatoms. The summed E-state index contributed by atoms with van der Waals surface area (Å²) < 4.78 is 32.8. The van der Waals surface area contributed by atoms with E-state index in [9.17, 15) is 8.78 Å². The quantitative estimate of drug-likeness (QED) is 0.455. The molecule has 4 nitrogen and oxygen atoms in total. The zero-order chi connectivity index (χ0) is 19.7. The minimum absolute atomic E-state index is 0.0594. The number of rotatable bonds is 5. The topological polar surface area (TPSA) is 47.0 Å². The molecule has 0 saturated heterocycles. The molecule has 0 unspecified atom stereocenters. The van der Waals surface area contributed by atoms with Crippen molar-refractivity contribution in [1.29, 1.82) is 0 Å². The van der Waals surface area contributed by atoms with Gasteiger partial charge in [0.2, 0.25) is 0 Å². The van der Waals surface area contributed by atoms with E-state index in [4.69, 9.17) is 4.74 Å². The molecule has 0 bridgehead atoms. The highest BCUT2D eigenvalue weighted by molar-refractivity contribution is 14.1. The first-order valence-corrected chi connectivity index (χ1v) is 9.55. The summed E-state index contributed by atoms with van der Waals surface area (Å²) in [7, 11) is 1.62. The van der Waals surface area contributed by atoms with E-state index in [0.29, 0.717) is 17.2 Å². The van der Waals surface area contributed by atoms with Crippen LogP contribution in [0.3, 0.4) is 0 Å². The third-order valence-corrected chi connectivity index (χ3v) is 5.40. The van der Waals surface area contributed by atoms with Gasteiger partial charge in [-0.25, -0.2) is 18.7 Å². The maximum Gasteiger partial charge on any atom is 0.264 e. The Labute approximate surface area is 170 Å². The fourth-order valence-electron chi connectivity index (χ4n) is 3.17. The molecule has 0 aliphatic heterocycles. The van der Waals surface area contributed by atoms with E-state index < -0.39 is 6.43 Å². The number of aromatic nitrogens is 2. The fourth-order valence-corrected chi connectivity index (χ4v) is 3.86. The molecule has 3 aromatic rings. The Balaban J connectivity index is 2.04. The number of hydrogen-bond acceptors (Lipinski definition) is 4. The zero-order valence-corrected chi connectivity index (χ0v) is 17.6. The van der Waals surface area contributed by atoms with Gasteiger partial charge in [-0.3, -0.25) is 0 Å². The van der Waals surface area contributed by atoms with E-state index in [-0.39, 0.29) is 11.6 Å². The third-order valence-electron chi connectivity index (χ3n) is 4.55. The second-order valence-electron chi connectivity index (χ2n) is 6.35. The molecule has 142 valence electrons. The first-order valence-electron chi connectivity index (χ1n) is 8.47. The number of nitrogens with one attached hydrogen (secondary N) is 1. The van der Waals surface area contributed by atoms with Gasteiger partial charge in [0.1, 0.15) is 17.4 Å². The van der Waals surface area contributed by atoms with Crippen LogP contribution in [0.4, 0.5) is 14.6 Å². The third kappa shape index (κ3) is 3.97. The number of methoxy groups -OCH3 is 1. The highest BCUT2D eigenvalue weighted by atomic mass is 127. The normalized spacial score (nSPS) is 12.4. The average molecular weight is 483 g/mol.